The highest BCUT2D eigenvalue weighted by atomic mass is 16.5. The van der Waals surface area contributed by atoms with Crippen LogP contribution < -0.4 is 11.1 Å². The maximum atomic E-state index is 12.6. The molecule has 0 bridgehead atoms. The van der Waals surface area contributed by atoms with Crippen molar-refractivity contribution in [3.8, 4) is 6.07 Å². The minimum absolute atomic E-state index is 0.0848. The predicted octanol–water partition coefficient (Wildman–Crippen LogP) is 0.527. The SMILES string of the molecule is COCCn1c(=O)c(C#N)cc2c(=O)n3ccccc3nc21. The van der Waals surface area contributed by atoms with Crippen molar-refractivity contribution in [3.63, 3.8) is 0 Å². The van der Waals surface area contributed by atoms with E-state index in [1.807, 2.05) is 6.07 Å². The van der Waals surface area contributed by atoms with Crippen LogP contribution in [0.15, 0.2) is 40.1 Å². The number of pyridine rings is 2. The van der Waals surface area contributed by atoms with Crippen LogP contribution in [0.25, 0.3) is 16.7 Å². The molecule has 0 fully saturated rings. The molecule has 0 saturated heterocycles. The van der Waals surface area contributed by atoms with Crippen molar-refractivity contribution >= 4 is 16.7 Å². The number of aromatic nitrogens is 3. The molecule has 110 valence electrons. The first kappa shape index (κ1) is 14.0. The van der Waals surface area contributed by atoms with Gasteiger partial charge >= 0.3 is 0 Å². The number of hydrogen-bond donors (Lipinski definition) is 0. The Labute approximate surface area is 124 Å². The average molecular weight is 296 g/mol. The summed E-state index contributed by atoms with van der Waals surface area (Å²) in [7, 11) is 1.51. The van der Waals surface area contributed by atoms with Gasteiger partial charge in [0.25, 0.3) is 11.1 Å². The van der Waals surface area contributed by atoms with Gasteiger partial charge in [-0.25, -0.2) is 4.98 Å². The Morgan fingerprint density at radius 3 is 2.86 bits per heavy atom. The second-order valence-electron chi connectivity index (χ2n) is 4.70. The summed E-state index contributed by atoms with van der Waals surface area (Å²) >= 11 is 0. The van der Waals surface area contributed by atoms with Gasteiger partial charge in [-0.3, -0.25) is 18.6 Å². The van der Waals surface area contributed by atoms with E-state index in [0.29, 0.717) is 5.65 Å². The van der Waals surface area contributed by atoms with E-state index in [1.54, 1.807) is 24.4 Å². The summed E-state index contributed by atoms with van der Waals surface area (Å²) in [5.41, 5.74) is -0.173. The minimum atomic E-state index is -0.473. The van der Waals surface area contributed by atoms with Crippen molar-refractivity contribution in [1.29, 1.82) is 5.26 Å². The zero-order chi connectivity index (χ0) is 15.7. The van der Waals surface area contributed by atoms with E-state index in [1.165, 1.54) is 22.1 Å². The molecule has 7 nitrogen and oxygen atoms in total. The molecular weight excluding hydrogens is 284 g/mol. The highest BCUT2D eigenvalue weighted by molar-refractivity contribution is 5.77. The van der Waals surface area contributed by atoms with E-state index in [2.05, 4.69) is 4.98 Å². The number of ether oxygens (including phenoxy) is 1. The topological polar surface area (TPSA) is 89.4 Å². The van der Waals surface area contributed by atoms with Gasteiger partial charge in [-0.15, -0.1) is 0 Å². The van der Waals surface area contributed by atoms with Gasteiger partial charge in [0.2, 0.25) is 0 Å². The number of fused-ring (bicyclic) bond motifs is 2. The van der Waals surface area contributed by atoms with Crippen LogP contribution in [0.3, 0.4) is 0 Å². The summed E-state index contributed by atoms with van der Waals surface area (Å²) in [6, 6.07) is 8.29. The highest BCUT2D eigenvalue weighted by Crippen LogP contribution is 2.09. The summed E-state index contributed by atoms with van der Waals surface area (Å²) < 4.78 is 7.68. The second kappa shape index (κ2) is 5.42. The van der Waals surface area contributed by atoms with Crippen molar-refractivity contribution in [2.75, 3.05) is 13.7 Å². The van der Waals surface area contributed by atoms with Crippen LogP contribution in [-0.2, 0) is 11.3 Å². The molecule has 3 heterocycles. The Bertz CT molecular complexity index is 1030. The molecule has 0 atom stereocenters. The summed E-state index contributed by atoms with van der Waals surface area (Å²) in [6.07, 6.45) is 1.60. The Morgan fingerprint density at radius 1 is 1.32 bits per heavy atom. The molecule has 0 aliphatic carbocycles. The van der Waals surface area contributed by atoms with Crippen molar-refractivity contribution in [1.82, 2.24) is 14.0 Å². The van der Waals surface area contributed by atoms with Gasteiger partial charge in [0.05, 0.1) is 18.5 Å². The molecular formula is C15H12N4O3. The molecule has 3 aromatic heterocycles. The molecule has 7 heteroatoms. The third kappa shape index (κ3) is 2.06. The summed E-state index contributed by atoms with van der Waals surface area (Å²) in [5, 5.41) is 9.34. The maximum absolute atomic E-state index is 12.6. The number of nitriles is 1. The van der Waals surface area contributed by atoms with Gasteiger partial charge in [-0.1, -0.05) is 6.07 Å². The Morgan fingerprint density at radius 2 is 2.14 bits per heavy atom. The van der Waals surface area contributed by atoms with Gasteiger partial charge in [0.15, 0.2) is 5.65 Å². The fraction of sp³-hybridized carbons (Fsp3) is 0.200. The minimum Gasteiger partial charge on any atom is -0.383 e. The van der Waals surface area contributed by atoms with Crippen molar-refractivity contribution in [2.24, 2.45) is 0 Å². The van der Waals surface area contributed by atoms with Gasteiger partial charge in [0.1, 0.15) is 17.3 Å². The molecule has 0 N–H and O–H groups in total. The fourth-order valence-corrected chi connectivity index (χ4v) is 2.34. The van der Waals surface area contributed by atoms with Crippen molar-refractivity contribution in [3.05, 3.63) is 56.7 Å². The molecule has 0 spiro atoms. The lowest BCUT2D eigenvalue weighted by Crippen LogP contribution is -2.28. The van der Waals surface area contributed by atoms with E-state index < -0.39 is 5.56 Å². The van der Waals surface area contributed by atoms with Crippen LogP contribution in [0.4, 0.5) is 0 Å². The monoisotopic (exact) mass is 296 g/mol. The van der Waals surface area contributed by atoms with Crippen molar-refractivity contribution < 1.29 is 4.74 Å². The lowest BCUT2D eigenvalue weighted by Gasteiger charge is -2.10. The Balaban J connectivity index is 2.50. The van der Waals surface area contributed by atoms with Crippen LogP contribution in [-0.4, -0.2) is 27.7 Å². The zero-order valence-corrected chi connectivity index (χ0v) is 11.8. The molecule has 3 rings (SSSR count). The third-order valence-corrected chi connectivity index (χ3v) is 3.41. The van der Waals surface area contributed by atoms with E-state index in [4.69, 9.17) is 10.00 Å². The van der Waals surface area contributed by atoms with Crippen LogP contribution in [0.1, 0.15) is 5.56 Å². The Hall–Kier alpha value is -2.98. The number of methoxy groups -OCH3 is 1. The van der Waals surface area contributed by atoms with Gasteiger partial charge in [-0.05, 0) is 18.2 Å². The van der Waals surface area contributed by atoms with Crippen LogP contribution in [0.2, 0.25) is 0 Å². The van der Waals surface area contributed by atoms with E-state index in [0.717, 1.165) is 0 Å². The quantitative estimate of drug-likeness (QED) is 0.658. The summed E-state index contributed by atoms with van der Waals surface area (Å²) in [5.74, 6) is 0. The lowest BCUT2D eigenvalue weighted by molar-refractivity contribution is 0.187. The largest absolute Gasteiger partial charge is 0.383 e. The van der Waals surface area contributed by atoms with Gasteiger partial charge < -0.3 is 4.74 Å². The normalized spacial score (nSPS) is 10.9. The smallest absolute Gasteiger partial charge is 0.270 e. The molecule has 0 aliphatic rings. The summed E-state index contributed by atoms with van der Waals surface area (Å²) in [6.45, 7) is 0.497. The van der Waals surface area contributed by atoms with Crippen LogP contribution >= 0.6 is 0 Å². The second-order valence-corrected chi connectivity index (χ2v) is 4.70. The molecule has 0 amide bonds. The first-order chi connectivity index (χ1) is 10.7. The maximum Gasteiger partial charge on any atom is 0.270 e. The number of nitrogens with zero attached hydrogens (tertiary/aromatic N) is 4. The van der Waals surface area contributed by atoms with Gasteiger partial charge in [-0.2, -0.15) is 5.26 Å². The van der Waals surface area contributed by atoms with Gasteiger partial charge in [0, 0.05) is 13.3 Å². The average Bonchev–Trinajstić information content (AvgIpc) is 2.54. The van der Waals surface area contributed by atoms with Crippen molar-refractivity contribution in [2.45, 2.75) is 6.54 Å². The molecule has 0 radical (unpaired) electrons. The first-order valence-corrected chi connectivity index (χ1v) is 6.61. The highest BCUT2D eigenvalue weighted by Gasteiger charge is 2.14. The lowest BCUT2D eigenvalue weighted by atomic mass is 10.2. The molecule has 0 saturated carbocycles. The first-order valence-electron chi connectivity index (χ1n) is 6.61. The summed E-state index contributed by atoms with van der Waals surface area (Å²) in [4.78, 5) is 29.3. The molecule has 0 unspecified atom stereocenters. The number of hydrogen-bond acceptors (Lipinski definition) is 5. The fourth-order valence-electron chi connectivity index (χ4n) is 2.34. The van der Waals surface area contributed by atoms with Crippen LogP contribution in [0.5, 0.6) is 0 Å². The molecule has 3 aromatic rings. The number of rotatable bonds is 3. The van der Waals surface area contributed by atoms with E-state index in [-0.39, 0.29) is 35.3 Å². The zero-order valence-electron chi connectivity index (χ0n) is 11.8. The standard InChI is InChI=1S/C15H12N4O3/c1-22-7-6-19-13-11(8-10(9-16)14(19)20)15(21)18-5-3-2-4-12(18)17-13/h2-5,8H,6-7H2,1H3. The third-order valence-electron chi connectivity index (χ3n) is 3.41. The molecule has 0 aromatic carbocycles. The van der Waals surface area contributed by atoms with E-state index >= 15 is 0 Å². The Kier molecular flexibility index (Phi) is 3.45. The van der Waals surface area contributed by atoms with Crippen LogP contribution in [0, 0.1) is 11.3 Å². The molecule has 0 aliphatic heterocycles. The molecule has 22 heavy (non-hydrogen) atoms. The predicted molar refractivity (Wildman–Crippen MR) is 79.8 cm³/mol. The van der Waals surface area contributed by atoms with E-state index in [9.17, 15) is 9.59 Å².